The second-order valence-corrected chi connectivity index (χ2v) is 8.66. The Labute approximate surface area is 205 Å². The number of anilines is 2. The van der Waals surface area contributed by atoms with Crippen LogP contribution in [-0.2, 0) is 4.79 Å². The van der Waals surface area contributed by atoms with Gasteiger partial charge in [0.2, 0.25) is 0 Å². The van der Waals surface area contributed by atoms with E-state index in [-0.39, 0.29) is 23.5 Å². The molecule has 7 nitrogen and oxygen atoms in total. The highest BCUT2D eigenvalue weighted by atomic mass is 35.5. The van der Waals surface area contributed by atoms with Crippen LogP contribution in [0.25, 0.3) is 0 Å². The van der Waals surface area contributed by atoms with Crippen molar-refractivity contribution in [2.75, 3.05) is 18.4 Å². The average molecular weight is 503 g/mol. The van der Waals surface area contributed by atoms with Gasteiger partial charge in [-0.1, -0.05) is 41.4 Å². The van der Waals surface area contributed by atoms with E-state index in [9.17, 15) is 19.1 Å². The Balaban J connectivity index is 1.41. The minimum atomic E-state index is -1.41. The number of amides is 2. The Bertz CT molecular complexity index is 1230. The van der Waals surface area contributed by atoms with E-state index in [1.54, 1.807) is 41.3 Å². The molecule has 176 valence electrons. The first-order valence-corrected chi connectivity index (χ1v) is 11.3. The Morgan fingerprint density at radius 2 is 1.94 bits per heavy atom. The number of carbonyl (C=O) groups excluding carboxylic acids is 2. The van der Waals surface area contributed by atoms with Gasteiger partial charge in [0.1, 0.15) is 5.82 Å². The SMILES string of the molecule is O=C(N[C@@H]1CCN(C(=O)c2cnccc2Nc2ccc(Cl)c(F)c2)C1)[C@H](O)c1ccccc1Cl. The van der Waals surface area contributed by atoms with Crippen molar-refractivity contribution in [1.29, 1.82) is 0 Å². The maximum atomic E-state index is 13.8. The van der Waals surface area contributed by atoms with Gasteiger partial charge >= 0.3 is 0 Å². The standard InChI is InChI=1S/C24H21Cl2FN4O3/c25-18-4-2-1-3-16(18)22(32)23(33)30-15-8-10-31(13-15)24(34)17-12-28-9-7-21(17)29-14-5-6-19(26)20(27)11-14/h1-7,9,11-12,15,22,32H,8,10,13H2,(H,28,29)(H,30,33)/t15-,22-/m1/s1. The van der Waals surface area contributed by atoms with Gasteiger partial charge in [0.15, 0.2) is 6.10 Å². The van der Waals surface area contributed by atoms with Crippen LogP contribution in [0.3, 0.4) is 0 Å². The third-order valence-electron chi connectivity index (χ3n) is 5.52. The van der Waals surface area contributed by atoms with Crippen LogP contribution in [-0.4, -0.2) is 45.9 Å². The molecule has 0 unspecified atom stereocenters. The molecule has 0 aliphatic carbocycles. The summed E-state index contributed by atoms with van der Waals surface area (Å²) < 4.78 is 13.8. The molecule has 4 rings (SSSR count). The lowest BCUT2D eigenvalue weighted by Crippen LogP contribution is -2.40. The average Bonchev–Trinajstić information content (AvgIpc) is 3.29. The molecule has 1 saturated heterocycles. The van der Waals surface area contributed by atoms with Gasteiger partial charge in [0.05, 0.1) is 16.3 Å². The maximum Gasteiger partial charge on any atom is 0.257 e. The van der Waals surface area contributed by atoms with Crippen molar-refractivity contribution in [3.8, 4) is 0 Å². The molecule has 2 amide bonds. The molecule has 10 heteroatoms. The fourth-order valence-electron chi connectivity index (χ4n) is 3.75. The van der Waals surface area contributed by atoms with Crippen molar-refractivity contribution in [1.82, 2.24) is 15.2 Å². The normalized spacial score (nSPS) is 16.2. The van der Waals surface area contributed by atoms with Crippen LogP contribution in [0.5, 0.6) is 0 Å². The first-order valence-electron chi connectivity index (χ1n) is 10.5. The fraction of sp³-hybridized carbons (Fsp3) is 0.208. The van der Waals surface area contributed by atoms with Crippen LogP contribution in [0.15, 0.2) is 60.9 Å². The predicted molar refractivity (Wildman–Crippen MR) is 128 cm³/mol. The molecule has 1 aliphatic heterocycles. The van der Waals surface area contributed by atoms with Gasteiger partial charge in [-0.3, -0.25) is 14.6 Å². The van der Waals surface area contributed by atoms with E-state index in [4.69, 9.17) is 23.2 Å². The number of hydrogen-bond acceptors (Lipinski definition) is 5. The number of nitrogens with zero attached hydrogens (tertiary/aromatic N) is 2. The van der Waals surface area contributed by atoms with Crippen molar-refractivity contribution in [2.24, 2.45) is 0 Å². The maximum absolute atomic E-state index is 13.8. The van der Waals surface area contributed by atoms with Crippen LogP contribution >= 0.6 is 23.2 Å². The zero-order valence-electron chi connectivity index (χ0n) is 17.8. The molecule has 34 heavy (non-hydrogen) atoms. The summed E-state index contributed by atoms with van der Waals surface area (Å²) in [6.45, 7) is 0.680. The van der Waals surface area contributed by atoms with Gasteiger partial charge in [-0.05, 0) is 36.8 Å². The topological polar surface area (TPSA) is 94.6 Å². The first kappa shape index (κ1) is 23.9. The molecule has 3 aromatic rings. The number of nitrogens with one attached hydrogen (secondary N) is 2. The molecule has 0 bridgehead atoms. The van der Waals surface area contributed by atoms with E-state index in [0.29, 0.717) is 40.5 Å². The van der Waals surface area contributed by atoms with E-state index in [1.165, 1.54) is 24.5 Å². The highest BCUT2D eigenvalue weighted by Gasteiger charge is 2.31. The highest BCUT2D eigenvalue weighted by molar-refractivity contribution is 6.31. The zero-order chi connectivity index (χ0) is 24.2. The Hall–Kier alpha value is -3.20. The van der Waals surface area contributed by atoms with Gasteiger partial charge in [-0.15, -0.1) is 0 Å². The summed E-state index contributed by atoms with van der Waals surface area (Å²) in [5, 5.41) is 16.5. The van der Waals surface area contributed by atoms with E-state index in [1.807, 2.05) is 0 Å². The lowest BCUT2D eigenvalue weighted by molar-refractivity contribution is -0.130. The molecule has 1 aromatic heterocycles. The van der Waals surface area contributed by atoms with Crippen LogP contribution in [0.1, 0.15) is 28.4 Å². The fourth-order valence-corrected chi connectivity index (χ4v) is 4.11. The molecular weight excluding hydrogens is 482 g/mol. The number of pyridine rings is 1. The molecule has 3 N–H and O–H groups in total. The number of aliphatic hydroxyl groups excluding tert-OH is 1. The summed E-state index contributed by atoms with van der Waals surface area (Å²) in [5.74, 6) is -1.44. The number of aliphatic hydroxyl groups is 1. The summed E-state index contributed by atoms with van der Waals surface area (Å²) >= 11 is 11.8. The molecule has 0 spiro atoms. The van der Waals surface area contributed by atoms with E-state index >= 15 is 0 Å². The van der Waals surface area contributed by atoms with Gasteiger partial charge in [0.25, 0.3) is 11.8 Å². The quantitative estimate of drug-likeness (QED) is 0.466. The number of benzene rings is 2. The smallest absolute Gasteiger partial charge is 0.257 e. The van der Waals surface area contributed by atoms with E-state index in [0.717, 1.165) is 0 Å². The van der Waals surface area contributed by atoms with Crippen LogP contribution in [0.2, 0.25) is 10.0 Å². The summed E-state index contributed by atoms with van der Waals surface area (Å²) in [6.07, 6.45) is 2.07. The number of likely N-dealkylation sites (tertiary alicyclic amines) is 1. The van der Waals surface area contributed by atoms with E-state index < -0.39 is 17.8 Å². The van der Waals surface area contributed by atoms with Crippen molar-refractivity contribution < 1.29 is 19.1 Å². The lowest BCUT2D eigenvalue weighted by atomic mass is 10.1. The van der Waals surface area contributed by atoms with Gasteiger partial charge in [0, 0.05) is 47.8 Å². The first-order chi connectivity index (χ1) is 16.3. The van der Waals surface area contributed by atoms with Crippen molar-refractivity contribution in [3.05, 3.63) is 87.9 Å². The van der Waals surface area contributed by atoms with Crippen molar-refractivity contribution >= 4 is 46.4 Å². The van der Waals surface area contributed by atoms with Gasteiger partial charge in [-0.2, -0.15) is 0 Å². The molecule has 2 aromatic carbocycles. The predicted octanol–water partition coefficient (Wildman–Crippen LogP) is 4.34. The second-order valence-electron chi connectivity index (χ2n) is 7.84. The summed E-state index contributed by atoms with van der Waals surface area (Å²) in [4.78, 5) is 31.3. The van der Waals surface area contributed by atoms with Gasteiger partial charge in [-0.25, -0.2) is 4.39 Å². The zero-order valence-corrected chi connectivity index (χ0v) is 19.4. The number of halogens is 3. The minimum absolute atomic E-state index is 0.00129. The minimum Gasteiger partial charge on any atom is -0.378 e. The highest BCUT2D eigenvalue weighted by Crippen LogP contribution is 2.26. The van der Waals surface area contributed by atoms with Crippen LogP contribution < -0.4 is 10.6 Å². The molecular formula is C24H21Cl2FN4O3. The third-order valence-corrected chi connectivity index (χ3v) is 6.17. The van der Waals surface area contributed by atoms with Crippen molar-refractivity contribution in [3.63, 3.8) is 0 Å². The molecule has 0 radical (unpaired) electrons. The van der Waals surface area contributed by atoms with Crippen molar-refractivity contribution in [2.45, 2.75) is 18.6 Å². The molecule has 1 fully saturated rings. The Kier molecular flexibility index (Phi) is 7.31. The monoisotopic (exact) mass is 502 g/mol. The number of hydrogen-bond donors (Lipinski definition) is 3. The third kappa shape index (κ3) is 5.30. The van der Waals surface area contributed by atoms with Gasteiger partial charge < -0.3 is 20.6 Å². The van der Waals surface area contributed by atoms with Crippen LogP contribution in [0.4, 0.5) is 15.8 Å². The van der Waals surface area contributed by atoms with E-state index in [2.05, 4.69) is 15.6 Å². The molecule has 2 atom stereocenters. The molecule has 1 aliphatic rings. The number of rotatable bonds is 6. The molecule has 0 saturated carbocycles. The second kappa shape index (κ2) is 10.4. The van der Waals surface area contributed by atoms with Crippen LogP contribution in [0, 0.1) is 5.82 Å². The summed E-state index contributed by atoms with van der Waals surface area (Å²) in [6, 6.07) is 12.1. The largest absolute Gasteiger partial charge is 0.378 e. The number of aromatic nitrogens is 1. The Morgan fingerprint density at radius 1 is 1.15 bits per heavy atom. The number of carbonyl (C=O) groups is 2. The lowest BCUT2D eigenvalue weighted by Gasteiger charge is -2.20. The molecule has 2 heterocycles. The summed E-state index contributed by atoms with van der Waals surface area (Å²) in [7, 11) is 0. The summed E-state index contributed by atoms with van der Waals surface area (Å²) in [5.41, 5.74) is 1.52. The Morgan fingerprint density at radius 3 is 2.71 bits per heavy atom.